The first-order valence-corrected chi connectivity index (χ1v) is 27.5. The number of nitrogens with one attached hydrogen (secondary N) is 1. The number of piperidine rings is 2. The molecule has 2 N–H and O–H groups in total. The second-order valence-electron chi connectivity index (χ2n) is 23.1. The number of pyridine rings is 1. The number of likely N-dealkylation sites (tertiary alicyclic amines) is 1. The van der Waals surface area contributed by atoms with Crippen molar-refractivity contribution in [3.8, 4) is 41.1 Å². The molecule has 6 heterocycles. The summed E-state index contributed by atoms with van der Waals surface area (Å²) in [5, 5.41) is 14.1. The molecule has 0 unspecified atom stereocenters. The van der Waals surface area contributed by atoms with Crippen molar-refractivity contribution in [3.05, 3.63) is 71.4 Å². The Morgan fingerprint density at radius 1 is 0.883 bits per heavy atom. The van der Waals surface area contributed by atoms with E-state index >= 15 is 8.78 Å². The van der Waals surface area contributed by atoms with Gasteiger partial charge in [-0.05, 0) is 124 Å². The van der Waals surface area contributed by atoms with Gasteiger partial charge in [-0.1, -0.05) is 12.0 Å². The van der Waals surface area contributed by atoms with Crippen LogP contribution in [0.25, 0.3) is 32.9 Å². The Morgan fingerprint density at radius 2 is 1.66 bits per heavy atom. The molecule has 12 rings (SSSR count). The third-order valence-electron chi connectivity index (χ3n) is 18.4. The lowest BCUT2D eigenvalue weighted by Gasteiger charge is -2.47. The summed E-state index contributed by atoms with van der Waals surface area (Å²) < 4.78 is 44.4. The molecule has 7 aliphatic rings. The van der Waals surface area contributed by atoms with Crippen LogP contribution in [0.2, 0.25) is 0 Å². The highest BCUT2D eigenvalue weighted by Gasteiger charge is 2.49. The molecule has 4 aliphatic heterocycles. The Labute approximate surface area is 446 Å². The number of piperazine rings is 1. The molecule has 5 aromatic rings. The minimum atomic E-state index is -0.780. The van der Waals surface area contributed by atoms with Gasteiger partial charge in [-0.15, -0.1) is 6.42 Å². The maximum atomic E-state index is 17.3. The second-order valence-corrected chi connectivity index (χ2v) is 23.1. The standard InChI is InChI=1S/C59H65F2N9O7/c1-3-41-44(60)7-5-38-29-40(71)31-42(49(38)41)51-50(61)52-43(32-62-51)53(69-21-4-13-59(35-69)16-11-47(59)72)65-55(64-52)77-36-58(17-18-58)34-67-27-25-66(26-28-67)33-37-9-14-57(15-10-37)19-23-68(24-20-57)54(74)39-6-8-46(76-2)45(30-39)70-22-12-48(73)63-56(70)75/h1,5-8,29-32,37,71H,4,9-28,33-36H2,2H3,(H,63,73,75)/t59-/m0/s1. The lowest BCUT2D eigenvalue weighted by Crippen LogP contribution is -2.53. The van der Waals surface area contributed by atoms with Crippen LogP contribution in [-0.4, -0.2) is 144 Å². The number of urea groups is 1. The van der Waals surface area contributed by atoms with Crippen LogP contribution in [0.3, 0.4) is 0 Å². The van der Waals surface area contributed by atoms with Crippen molar-refractivity contribution < 1.29 is 42.5 Å². The highest BCUT2D eigenvalue weighted by Crippen LogP contribution is 2.50. The molecule has 77 heavy (non-hydrogen) atoms. The average molecular weight is 1050 g/mol. The summed E-state index contributed by atoms with van der Waals surface area (Å²) in [7, 11) is 1.52. The zero-order chi connectivity index (χ0) is 53.2. The number of amides is 4. The minimum absolute atomic E-state index is 0.0233. The number of hydrogen-bond donors (Lipinski definition) is 2. The zero-order valence-corrected chi connectivity index (χ0v) is 43.7. The van der Waals surface area contributed by atoms with Crippen LogP contribution in [0, 0.1) is 46.1 Å². The molecule has 0 radical (unpaired) electrons. The van der Waals surface area contributed by atoms with E-state index in [1.54, 1.807) is 18.2 Å². The number of aromatic hydroxyl groups is 1. The number of anilines is 2. The molecule has 2 aromatic heterocycles. The Hall–Kier alpha value is -6.97. The highest BCUT2D eigenvalue weighted by molar-refractivity contribution is 6.07. The summed E-state index contributed by atoms with van der Waals surface area (Å²) in [4.78, 5) is 76.1. The molecule has 402 valence electrons. The number of phenols is 1. The molecule has 4 amide bonds. The van der Waals surface area contributed by atoms with Gasteiger partial charge in [-0.3, -0.25) is 29.6 Å². The third-order valence-corrected chi connectivity index (χ3v) is 18.4. The summed E-state index contributed by atoms with van der Waals surface area (Å²) in [6.45, 7) is 8.97. The first-order valence-electron chi connectivity index (χ1n) is 27.5. The first-order chi connectivity index (χ1) is 37.2. The smallest absolute Gasteiger partial charge is 0.328 e. The number of Topliss-reactive ketones (excluding diaryl/α,β-unsaturated/α-hetero) is 1. The van der Waals surface area contributed by atoms with Crippen LogP contribution in [0.15, 0.2) is 48.7 Å². The number of methoxy groups -OCH3 is 1. The summed E-state index contributed by atoms with van der Waals surface area (Å²) in [5.41, 5.74) is 0.606. The van der Waals surface area contributed by atoms with E-state index in [0.29, 0.717) is 78.7 Å². The van der Waals surface area contributed by atoms with Crippen LogP contribution in [0.1, 0.15) is 99.4 Å². The summed E-state index contributed by atoms with van der Waals surface area (Å²) in [6, 6.07) is 10.2. The first kappa shape index (κ1) is 50.8. The van der Waals surface area contributed by atoms with Gasteiger partial charge in [0.2, 0.25) is 5.91 Å². The van der Waals surface area contributed by atoms with Crippen LogP contribution >= 0.6 is 0 Å². The number of fused-ring (bicyclic) bond motifs is 2. The van der Waals surface area contributed by atoms with E-state index in [0.717, 1.165) is 84.2 Å². The van der Waals surface area contributed by atoms with Crippen molar-refractivity contribution in [1.29, 1.82) is 0 Å². The van der Waals surface area contributed by atoms with E-state index in [1.807, 2.05) is 9.80 Å². The van der Waals surface area contributed by atoms with Gasteiger partial charge in [0, 0.05) is 118 Å². The lowest BCUT2D eigenvalue weighted by atomic mass is 9.63. The topological polar surface area (TPSA) is 174 Å². The number of ether oxygens (including phenoxy) is 2. The molecular formula is C59H65F2N9O7. The number of carbonyl (C=O) groups excluding carboxylic acids is 4. The van der Waals surface area contributed by atoms with E-state index in [2.05, 4.69) is 26.0 Å². The van der Waals surface area contributed by atoms with Crippen molar-refractivity contribution in [1.82, 2.24) is 35.0 Å². The Morgan fingerprint density at radius 3 is 2.36 bits per heavy atom. The number of ketones is 1. The fourth-order valence-corrected chi connectivity index (χ4v) is 13.5. The number of nitrogens with zero attached hydrogens (tertiary/aromatic N) is 8. The molecule has 3 aliphatic carbocycles. The minimum Gasteiger partial charge on any atom is -0.508 e. The fraction of sp³-hybridized carbons (Fsp3) is 0.508. The second kappa shape index (κ2) is 20.1. The number of rotatable bonds is 12. The quantitative estimate of drug-likeness (QED) is 0.115. The van der Waals surface area contributed by atoms with Crippen LogP contribution in [0.5, 0.6) is 17.5 Å². The van der Waals surface area contributed by atoms with Gasteiger partial charge in [0.15, 0.2) is 5.82 Å². The molecule has 3 saturated carbocycles. The van der Waals surface area contributed by atoms with E-state index in [-0.39, 0.29) is 80.9 Å². The van der Waals surface area contributed by atoms with Gasteiger partial charge in [-0.2, -0.15) is 9.97 Å². The molecule has 1 atom stereocenters. The van der Waals surface area contributed by atoms with E-state index in [1.165, 1.54) is 68.2 Å². The highest BCUT2D eigenvalue weighted by atomic mass is 19.1. The molecule has 0 bridgehead atoms. The number of hydrogen-bond acceptors (Lipinski definition) is 13. The number of phenolic OH excluding ortho intramolecular Hbond substituents is 1. The Kier molecular flexibility index (Phi) is 13.3. The van der Waals surface area contributed by atoms with Gasteiger partial charge in [0.05, 0.1) is 30.4 Å². The molecule has 16 nitrogen and oxygen atoms in total. The maximum Gasteiger partial charge on any atom is 0.328 e. The lowest BCUT2D eigenvalue weighted by molar-refractivity contribution is -0.138. The van der Waals surface area contributed by atoms with Crippen molar-refractivity contribution in [2.45, 2.75) is 83.5 Å². The fourth-order valence-electron chi connectivity index (χ4n) is 13.5. The monoisotopic (exact) mass is 1050 g/mol. The van der Waals surface area contributed by atoms with Crippen LogP contribution in [0.4, 0.5) is 25.1 Å². The van der Waals surface area contributed by atoms with Crippen molar-refractivity contribution in [2.24, 2.45) is 22.2 Å². The SMILES string of the molecule is C#Cc1c(F)ccc2cc(O)cc(-c3ncc4c(N5CCC[C@]6(CCC6=O)C5)nc(OCC5(CN6CCN(CC7CCC8(CC7)CCN(C(=O)c7ccc(OC)c(N9CCC(=O)NC9=O)c7)CC8)CC6)CC5)nc4c3F)c12. The predicted molar refractivity (Wildman–Crippen MR) is 286 cm³/mol. The normalized spacial score (nSPS) is 22.8. The van der Waals surface area contributed by atoms with E-state index in [4.69, 9.17) is 25.9 Å². The van der Waals surface area contributed by atoms with Crippen LogP contribution in [-0.2, 0) is 9.59 Å². The molecular weight excluding hydrogens is 985 g/mol. The van der Waals surface area contributed by atoms with Gasteiger partial charge in [-0.25, -0.2) is 13.6 Å². The predicted octanol–water partition coefficient (Wildman–Crippen LogP) is 8.10. The zero-order valence-electron chi connectivity index (χ0n) is 43.7. The van der Waals surface area contributed by atoms with Gasteiger partial charge < -0.3 is 34.2 Å². The molecule has 3 aromatic carbocycles. The van der Waals surface area contributed by atoms with Gasteiger partial charge in [0.25, 0.3) is 5.91 Å². The third kappa shape index (κ3) is 9.68. The maximum absolute atomic E-state index is 17.3. The number of carbonyl (C=O) groups is 4. The summed E-state index contributed by atoms with van der Waals surface area (Å²) in [5.74, 6) is 2.26. The van der Waals surface area contributed by atoms with Gasteiger partial charge in [0.1, 0.15) is 40.1 Å². The number of aromatic nitrogens is 3. The number of imide groups is 1. The van der Waals surface area contributed by atoms with E-state index in [9.17, 15) is 24.3 Å². The van der Waals surface area contributed by atoms with Crippen molar-refractivity contribution in [2.75, 3.05) is 95.5 Å². The van der Waals surface area contributed by atoms with Crippen molar-refractivity contribution in [3.63, 3.8) is 0 Å². The molecule has 7 fully saturated rings. The average Bonchev–Trinajstić information content (AvgIpc) is 4.27. The number of terminal acetylenes is 1. The van der Waals surface area contributed by atoms with E-state index < -0.39 is 23.1 Å². The number of benzene rings is 3. The largest absolute Gasteiger partial charge is 0.508 e. The number of halogens is 2. The molecule has 4 saturated heterocycles. The van der Waals surface area contributed by atoms with Crippen molar-refractivity contribution >= 4 is 56.8 Å². The molecule has 18 heteroatoms. The summed E-state index contributed by atoms with van der Waals surface area (Å²) in [6.07, 6.45) is 19.1. The summed E-state index contributed by atoms with van der Waals surface area (Å²) >= 11 is 0. The Bertz CT molecular complexity index is 3250. The Balaban J connectivity index is 0.665. The van der Waals surface area contributed by atoms with Gasteiger partial charge >= 0.3 is 12.0 Å². The molecule has 2 spiro atoms. The van der Waals surface area contributed by atoms with Crippen LogP contribution < -0.4 is 24.6 Å².